The zero-order chi connectivity index (χ0) is 19.2. The van der Waals surface area contributed by atoms with Gasteiger partial charge in [-0.1, -0.05) is 36.4 Å². The Hall–Kier alpha value is -3.60. The smallest absolute Gasteiger partial charge is 0.240 e. The summed E-state index contributed by atoms with van der Waals surface area (Å²) in [5.41, 5.74) is 2.97. The molecule has 0 saturated heterocycles. The molecule has 0 aliphatic rings. The van der Waals surface area contributed by atoms with Crippen molar-refractivity contribution >= 4 is 16.8 Å². The standard InChI is InChI=1S/C23H21N3O2/c27-23(25-15-20-8-4-5-12-24-20)16-26-13-11-19-14-21(9-10-22(19)26)28-17-18-6-2-1-3-7-18/h1-14H,15-17H2,(H,25,27). The van der Waals surface area contributed by atoms with E-state index in [4.69, 9.17) is 4.74 Å². The average molecular weight is 371 g/mol. The van der Waals surface area contributed by atoms with Crippen LogP contribution in [0.1, 0.15) is 11.3 Å². The molecule has 1 N–H and O–H groups in total. The van der Waals surface area contributed by atoms with E-state index in [1.807, 2.05) is 83.6 Å². The second-order valence-corrected chi connectivity index (χ2v) is 6.54. The highest BCUT2D eigenvalue weighted by atomic mass is 16.5. The molecule has 0 fully saturated rings. The number of pyridine rings is 1. The largest absolute Gasteiger partial charge is 0.489 e. The Balaban J connectivity index is 1.38. The molecule has 4 rings (SSSR count). The Morgan fingerprint density at radius 2 is 1.86 bits per heavy atom. The van der Waals surface area contributed by atoms with E-state index in [9.17, 15) is 4.79 Å². The van der Waals surface area contributed by atoms with Crippen LogP contribution in [-0.4, -0.2) is 15.5 Å². The summed E-state index contributed by atoms with van der Waals surface area (Å²) in [7, 11) is 0. The van der Waals surface area contributed by atoms with Crippen LogP contribution in [0.3, 0.4) is 0 Å². The Kier molecular flexibility index (Phi) is 5.33. The fourth-order valence-corrected chi connectivity index (χ4v) is 3.05. The highest BCUT2D eigenvalue weighted by Gasteiger charge is 2.08. The molecule has 5 nitrogen and oxygen atoms in total. The SMILES string of the molecule is O=C(Cn1ccc2cc(OCc3ccccc3)ccc21)NCc1ccccn1. The lowest BCUT2D eigenvalue weighted by atomic mass is 10.2. The second-order valence-electron chi connectivity index (χ2n) is 6.54. The lowest BCUT2D eigenvalue weighted by Crippen LogP contribution is -2.27. The van der Waals surface area contributed by atoms with Crippen LogP contribution < -0.4 is 10.1 Å². The first-order valence-electron chi connectivity index (χ1n) is 9.20. The maximum absolute atomic E-state index is 12.3. The first kappa shape index (κ1) is 17.8. The van der Waals surface area contributed by atoms with Gasteiger partial charge in [-0.3, -0.25) is 9.78 Å². The summed E-state index contributed by atoms with van der Waals surface area (Å²) in [4.78, 5) is 16.5. The Morgan fingerprint density at radius 3 is 2.68 bits per heavy atom. The molecule has 2 aromatic carbocycles. The van der Waals surface area contributed by atoms with Gasteiger partial charge in [-0.2, -0.15) is 0 Å². The van der Waals surface area contributed by atoms with Gasteiger partial charge in [0, 0.05) is 23.3 Å². The van der Waals surface area contributed by atoms with Crippen molar-refractivity contribution in [3.8, 4) is 5.75 Å². The van der Waals surface area contributed by atoms with E-state index >= 15 is 0 Å². The van der Waals surface area contributed by atoms with Crippen molar-refractivity contribution in [2.45, 2.75) is 19.7 Å². The van der Waals surface area contributed by atoms with Crippen molar-refractivity contribution in [1.82, 2.24) is 14.9 Å². The Labute approximate surface area is 163 Å². The number of ether oxygens (including phenoxy) is 1. The topological polar surface area (TPSA) is 56.1 Å². The van der Waals surface area contributed by atoms with Gasteiger partial charge in [-0.15, -0.1) is 0 Å². The molecule has 0 aliphatic heterocycles. The van der Waals surface area contributed by atoms with Crippen molar-refractivity contribution in [2.24, 2.45) is 0 Å². The molecule has 0 radical (unpaired) electrons. The molecule has 1 amide bonds. The first-order chi connectivity index (χ1) is 13.8. The minimum atomic E-state index is -0.0486. The summed E-state index contributed by atoms with van der Waals surface area (Å²) in [5, 5.41) is 3.95. The van der Waals surface area contributed by atoms with E-state index in [1.54, 1.807) is 6.20 Å². The summed E-state index contributed by atoms with van der Waals surface area (Å²) in [6, 6.07) is 23.7. The third-order valence-electron chi connectivity index (χ3n) is 4.50. The third kappa shape index (κ3) is 4.38. The number of benzene rings is 2. The second kappa shape index (κ2) is 8.39. The minimum absolute atomic E-state index is 0.0486. The maximum Gasteiger partial charge on any atom is 0.240 e. The van der Waals surface area contributed by atoms with E-state index in [1.165, 1.54) is 0 Å². The maximum atomic E-state index is 12.3. The van der Waals surface area contributed by atoms with Crippen LogP contribution in [0.4, 0.5) is 0 Å². The highest BCUT2D eigenvalue weighted by molar-refractivity contribution is 5.84. The lowest BCUT2D eigenvalue weighted by molar-refractivity contribution is -0.121. The zero-order valence-electron chi connectivity index (χ0n) is 15.4. The van der Waals surface area contributed by atoms with Crippen LogP contribution >= 0.6 is 0 Å². The normalized spacial score (nSPS) is 10.7. The molecule has 28 heavy (non-hydrogen) atoms. The molecule has 2 aromatic heterocycles. The number of carbonyl (C=O) groups is 1. The van der Waals surface area contributed by atoms with Crippen LogP contribution in [0.2, 0.25) is 0 Å². The summed E-state index contributed by atoms with van der Waals surface area (Å²) in [5.74, 6) is 0.765. The summed E-state index contributed by atoms with van der Waals surface area (Å²) >= 11 is 0. The van der Waals surface area contributed by atoms with Gasteiger partial charge in [-0.05, 0) is 42.0 Å². The number of rotatable bonds is 7. The molecular weight excluding hydrogens is 350 g/mol. The Morgan fingerprint density at radius 1 is 1.00 bits per heavy atom. The van der Waals surface area contributed by atoms with Crippen molar-refractivity contribution in [3.63, 3.8) is 0 Å². The number of fused-ring (bicyclic) bond motifs is 1. The lowest BCUT2D eigenvalue weighted by Gasteiger charge is -2.09. The molecule has 0 unspecified atom stereocenters. The molecule has 0 aliphatic carbocycles. The molecule has 140 valence electrons. The molecular formula is C23H21N3O2. The fourth-order valence-electron chi connectivity index (χ4n) is 3.05. The molecule has 0 saturated carbocycles. The van der Waals surface area contributed by atoms with Gasteiger partial charge >= 0.3 is 0 Å². The average Bonchev–Trinajstić information content (AvgIpc) is 3.14. The molecule has 0 atom stereocenters. The summed E-state index contributed by atoms with van der Waals surface area (Å²) in [6.07, 6.45) is 3.64. The van der Waals surface area contributed by atoms with E-state index in [0.29, 0.717) is 13.2 Å². The van der Waals surface area contributed by atoms with E-state index in [2.05, 4.69) is 10.3 Å². The van der Waals surface area contributed by atoms with Gasteiger partial charge < -0.3 is 14.6 Å². The van der Waals surface area contributed by atoms with Crippen molar-refractivity contribution in [2.75, 3.05) is 0 Å². The van der Waals surface area contributed by atoms with Gasteiger partial charge in [0.2, 0.25) is 5.91 Å². The summed E-state index contributed by atoms with van der Waals surface area (Å²) < 4.78 is 7.82. The first-order valence-corrected chi connectivity index (χ1v) is 9.20. The zero-order valence-corrected chi connectivity index (χ0v) is 15.4. The molecule has 0 bridgehead atoms. The monoisotopic (exact) mass is 371 g/mol. The van der Waals surface area contributed by atoms with E-state index in [0.717, 1.165) is 27.9 Å². The summed E-state index contributed by atoms with van der Waals surface area (Å²) in [6.45, 7) is 1.22. The third-order valence-corrected chi connectivity index (χ3v) is 4.50. The van der Waals surface area contributed by atoms with Crippen LogP contribution in [0.15, 0.2) is 85.2 Å². The van der Waals surface area contributed by atoms with Crippen LogP contribution in [0.5, 0.6) is 5.75 Å². The quantitative estimate of drug-likeness (QED) is 0.535. The highest BCUT2D eigenvalue weighted by Crippen LogP contribution is 2.23. The van der Waals surface area contributed by atoms with E-state index < -0.39 is 0 Å². The molecule has 2 heterocycles. The van der Waals surface area contributed by atoms with Gasteiger partial charge in [0.15, 0.2) is 0 Å². The van der Waals surface area contributed by atoms with Gasteiger partial charge in [0.1, 0.15) is 18.9 Å². The number of hydrogen-bond acceptors (Lipinski definition) is 3. The number of aromatic nitrogens is 2. The number of nitrogens with zero attached hydrogens (tertiary/aromatic N) is 2. The predicted octanol–water partition coefficient (Wildman–Crippen LogP) is 3.93. The van der Waals surface area contributed by atoms with Crippen molar-refractivity contribution in [1.29, 1.82) is 0 Å². The van der Waals surface area contributed by atoms with Crippen molar-refractivity contribution < 1.29 is 9.53 Å². The fraction of sp³-hybridized carbons (Fsp3) is 0.130. The van der Waals surface area contributed by atoms with Crippen molar-refractivity contribution in [3.05, 3.63) is 96.4 Å². The number of amides is 1. The predicted molar refractivity (Wildman–Crippen MR) is 109 cm³/mol. The van der Waals surface area contributed by atoms with Crippen LogP contribution in [0, 0.1) is 0 Å². The molecule has 0 spiro atoms. The number of hydrogen-bond donors (Lipinski definition) is 1. The molecule has 5 heteroatoms. The molecule has 4 aromatic rings. The van der Waals surface area contributed by atoms with Crippen LogP contribution in [-0.2, 0) is 24.5 Å². The van der Waals surface area contributed by atoms with Gasteiger partial charge in [0.05, 0.1) is 12.2 Å². The van der Waals surface area contributed by atoms with Gasteiger partial charge in [-0.25, -0.2) is 0 Å². The van der Waals surface area contributed by atoms with Crippen LogP contribution in [0.25, 0.3) is 10.9 Å². The van der Waals surface area contributed by atoms with E-state index in [-0.39, 0.29) is 12.5 Å². The minimum Gasteiger partial charge on any atom is -0.489 e. The van der Waals surface area contributed by atoms with Gasteiger partial charge in [0.25, 0.3) is 0 Å². The number of nitrogens with one attached hydrogen (secondary N) is 1. The Bertz CT molecular complexity index is 1060. The number of carbonyl (C=O) groups excluding carboxylic acids is 1.